The fraction of sp³-hybridized carbons (Fsp3) is 0.500. The van der Waals surface area contributed by atoms with Crippen LogP contribution in [0.2, 0.25) is 0 Å². The van der Waals surface area contributed by atoms with Crippen molar-refractivity contribution in [2.24, 2.45) is 0 Å². The first-order chi connectivity index (χ1) is 9.49. The second kappa shape index (κ2) is 6.26. The molecular formula is C14H19N3O2S. The number of methoxy groups -OCH3 is 1. The van der Waals surface area contributed by atoms with Crippen LogP contribution in [-0.4, -0.2) is 32.7 Å². The summed E-state index contributed by atoms with van der Waals surface area (Å²) in [5.41, 5.74) is 3.07. The summed E-state index contributed by atoms with van der Waals surface area (Å²) in [4.78, 5) is 20.1. The van der Waals surface area contributed by atoms with Crippen molar-refractivity contribution in [1.29, 1.82) is 0 Å². The SMILES string of the molecule is COC(=O)C[C@@H](C)SCc1cn2c(C)cc(C)nc2n1. The smallest absolute Gasteiger partial charge is 0.306 e. The number of hydrogen-bond acceptors (Lipinski definition) is 5. The van der Waals surface area contributed by atoms with Crippen molar-refractivity contribution in [2.75, 3.05) is 7.11 Å². The number of fused-ring (bicyclic) bond motifs is 1. The fourth-order valence-corrected chi connectivity index (χ4v) is 2.84. The summed E-state index contributed by atoms with van der Waals surface area (Å²) in [6, 6.07) is 2.03. The van der Waals surface area contributed by atoms with E-state index in [2.05, 4.69) is 14.7 Å². The number of carbonyl (C=O) groups is 1. The summed E-state index contributed by atoms with van der Waals surface area (Å²) < 4.78 is 6.66. The van der Waals surface area contributed by atoms with Gasteiger partial charge in [-0.15, -0.1) is 0 Å². The molecule has 20 heavy (non-hydrogen) atoms. The van der Waals surface area contributed by atoms with E-state index in [1.54, 1.807) is 11.8 Å². The Hall–Kier alpha value is -1.56. The van der Waals surface area contributed by atoms with Crippen LogP contribution in [-0.2, 0) is 15.3 Å². The fourth-order valence-electron chi connectivity index (χ4n) is 1.99. The molecule has 0 radical (unpaired) electrons. The third-order valence-corrected chi connectivity index (χ3v) is 4.21. The van der Waals surface area contributed by atoms with E-state index in [1.807, 2.05) is 37.4 Å². The van der Waals surface area contributed by atoms with E-state index in [4.69, 9.17) is 0 Å². The standard InChI is InChI=1S/C14H19N3O2S/c1-9-5-10(2)17-7-12(16-14(17)15-9)8-20-11(3)6-13(18)19-4/h5,7,11H,6,8H2,1-4H3/t11-/m1/s1. The molecule has 2 aromatic rings. The van der Waals surface area contributed by atoms with Gasteiger partial charge >= 0.3 is 5.97 Å². The van der Waals surface area contributed by atoms with Crippen molar-refractivity contribution in [3.05, 3.63) is 29.3 Å². The number of hydrogen-bond donors (Lipinski definition) is 0. The first-order valence-electron chi connectivity index (χ1n) is 6.50. The van der Waals surface area contributed by atoms with Crippen LogP contribution >= 0.6 is 11.8 Å². The maximum Gasteiger partial charge on any atom is 0.306 e. The highest BCUT2D eigenvalue weighted by Gasteiger charge is 2.11. The van der Waals surface area contributed by atoms with Crippen LogP contribution in [0, 0.1) is 13.8 Å². The van der Waals surface area contributed by atoms with Gasteiger partial charge in [0.2, 0.25) is 5.78 Å². The Kier molecular flexibility index (Phi) is 4.65. The monoisotopic (exact) mass is 293 g/mol. The number of aromatic nitrogens is 3. The molecule has 0 fully saturated rings. The van der Waals surface area contributed by atoms with Crippen LogP contribution in [0.25, 0.3) is 5.78 Å². The predicted molar refractivity (Wildman–Crippen MR) is 79.9 cm³/mol. The quantitative estimate of drug-likeness (QED) is 0.793. The van der Waals surface area contributed by atoms with E-state index in [1.165, 1.54) is 7.11 Å². The van der Waals surface area contributed by atoms with Crippen molar-refractivity contribution in [2.45, 2.75) is 38.2 Å². The number of ether oxygens (including phenoxy) is 1. The third-order valence-electron chi connectivity index (χ3n) is 3.01. The number of rotatable bonds is 5. The normalized spacial score (nSPS) is 12.6. The number of aryl methyl sites for hydroxylation is 2. The molecule has 0 saturated carbocycles. The molecule has 1 atom stereocenters. The second-order valence-corrected chi connectivity index (χ2v) is 6.27. The van der Waals surface area contributed by atoms with E-state index in [0.717, 1.165) is 28.6 Å². The van der Waals surface area contributed by atoms with Gasteiger partial charge in [0.15, 0.2) is 0 Å². The summed E-state index contributed by atoms with van der Waals surface area (Å²) in [5, 5.41) is 0.211. The summed E-state index contributed by atoms with van der Waals surface area (Å²) in [7, 11) is 1.42. The molecule has 0 aliphatic carbocycles. The van der Waals surface area contributed by atoms with E-state index in [0.29, 0.717) is 6.42 Å². The maximum absolute atomic E-state index is 11.2. The highest BCUT2D eigenvalue weighted by Crippen LogP contribution is 2.20. The van der Waals surface area contributed by atoms with Crippen molar-refractivity contribution < 1.29 is 9.53 Å². The van der Waals surface area contributed by atoms with Crippen LogP contribution in [0.15, 0.2) is 12.3 Å². The number of esters is 1. The lowest BCUT2D eigenvalue weighted by molar-refractivity contribution is -0.140. The molecule has 0 unspecified atom stereocenters. The van der Waals surface area contributed by atoms with Crippen LogP contribution in [0.5, 0.6) is 0 Å². The Morgan fingerprint density at radius 1 is 1.45 bits per heavy atom. The van der Waals surface area contributed by atoms with Crippen LogP contribution < -0.4 is 0 Å². The molecule has 0 amide bonds. The Balaban J connectivity index is 2.03. The highest BCUT2D eigenvalue weighted by molar-refractivity contribution is 7.99. The molecule has 0 aromatic carbocycles. The summed E-state index contributed by atoms with van der Waals surface area (Å²) in [6.07, 6.45) is 2.43. The van der Waals surface area contributed by atoms with Crippen molar-refractivity contribution in [3.8, 4) is 0 Å². The predicted octanol–water partition coefficient (Wildman–Crippen LogP) is 2.53. The van der Waals surface area contributed by atoms with E-state index < -0.39 is 0 Å². The van der Waals surface area contributed by atoms with Crippen LogP contribution in [0.3, 0.4) is 0 Å². The highest BCUT2D eigenvalue weighted by atomic mass is 32.2. The van der Waals surface area contributed by atoms with E-state index in [9.17, 15) is 4.79 Å². The maximum atomic E-state index is 11.2. The van der Waals surface area contributed by atoms with Crippen molar-refractivity contribution in [1.82, 2.24) is 14.4 Å². The Morgan fingerprint density at radius 3 is 2.90 bits per heavy atom. The Morgan fingerprint density at radius 2 is 2.20 bits per heavy atom. The summed E-state index contributed by atoms with van der Waals surface area (Å²) in [5.74, 6) is 1.33. The van der Waals surface area contributed by atoms with Gasteiger partial charge in [0.05, 0.1) is 19.2 Å². The van der Waals surface area contributed by atoms with Gasteiger partial charge in [-0.05, 0) is 19.9 Å². The number of imidazole rings is 1. The molecule has 2 aromatic heterocycles. The lowest BCUT2D eigenvalue weighted by Crippen LogP contribution is -2.08. The molecule has 108 valence electrons. The molecule has 5 nitrogen and oxygen atoms in total. The molecule has 2 rings (SSSR count). The van der Waals surface area contributed by atoms with E-state index >= 15 is 0 Å². The molecule has 6 heteroatoms. The lowest BCUT2D eigenvalue weighted by atomic mass is 10.3. The van der Waals surface area contributed by atoms with Gasteiger partial charge in [-0.2, -0.15) is 11.8 Å². The topological polar surface area (TPSA) is 56.5 Å². The summed E-state index contributed by atoms with van der Waals surface area (Å²) >= 11 is 1.69. The Labute approximate surface area is 122 Å². The van der Waals surface area contributed by atoms with Crippen LogP contribution in [0.4, 0.5) is 0 Å². The average Bonchev–Trinajstić information content (AvgIpc) is 2.79. The third kappa shape index (κ3) is 3.50. The number of nitrogens with zero attached hydrogens (tertiary/aromatic N) is 3. The molecule has 0 spiro atoms. The van der Waals surface area contributed by atoms with Gasteiger partial charge in [-0.1, -0.05) is 6.92 Å². The number of carbonyl (C=O) groups excluding carboxylic acids is 1. The first kappa shape index (κ1) is 14.8. The van der Waals surface area contributed by atoms with Gasteiger partial charge < -0.3 is 4.74 Å². The van der Waals surface area contributed by atoms with Crippen molar-refractivity contribution >= 4 is 23.5 Å². The lowest BCUT2D eigenvalue weighted by Gasteiger charge is -2.07. The molecule has 0 bridgehead atoms. The zero-order chi connectivity index (χ0) is 14.7. The molecular weight excluding hydrogens is 274 g/mol. The average molecular weight is 293 g/mol. The van der Waals surface area contributed by atoms with E-state index in [-0.39, 0.29) is 11.2 Å². The molecule has 0 saturated heterocycles. The minimum Gasteiger partial charge on any atom is -0.469 e. The molecule has 2 heterocycles. The second-order valence-electron chi connectivity index (χ2n) is 4.84. The van der Waals surface area contributed by atoms with Gasteiger partial charge in [0.1, 0.15) is 0 Å². The largest absolute Gasteiger partial charge is 0.469 e. The van der Waals surface area contributed by atoms with Crippen LogP contribution in [0.1, 0.15) is 30.4 Å². The Bertz CT molecular complexity index is 624. The summed E-state index contributed by atoms with van der Waals surface area (Å²) in [6.45, 7) is 6.03. The van der Waals surface area contributed by atoms with Gasteiger partial charge in [-0.25, -0.2) is 9.97 Å². The number of thioether (sulfide) groups is 1. The zero-order valence-electron chi connectivity index (χ0n) is 12.2. The van der Waals surface area contributed by atoms with Gasteiger partial charge in [0.25, 0.3) is 0 Å². The van der Waals surface area contributed by atoms with Crippen molar-refractivity contribution in [3.63, 3.8) is 0 Å². The minimum atomic E-state index is -0.173. The first-order valence-corrected chi connectivity index (χ1v) is 7.55. The molecule has 0 aliphatic heterocycles. The van der Waals surface area contributed by atoms with Gasteiger partial charge in [0, 0.05) is 28.6 Å². The zero-order valence-corrected chi connectivity index (χ0v) is 13.0. The molecule has 0 aliphatic rings. The van der Waals surface area contributed by atoms with Gasteiger partial charge in [-0.3, -0.25) is 9.20 Å². The minimum absolute atomic E-state index is 0.173. The molecule has 0 N–H and O–H groups in total.